The lowest BCUT2D eigenvalue weighted by atomic mass is 9.96. The van der Waals surface area contributed by atoms with E-state index in [1.165, 1.54) is 24.3 Å². The average Bonchev–Trinajstić information content (AvgIpc) is 2.84. The van der Waals surface area contributed by atoms with Crippen LogP contribution < -0.4 is 5.32 Å². The zero-order valence-corrected chi connectivity index (χ0v) is 19.6. The number of methoxy groups -OCH3 is 1. The summed E-state index contributed by atoms with van der Waals surface area (Å²) in [4.78, 5) is 40.0. The number of likely N-dealkylation sites (tertiary alicyclic amines) is 1. The van der Waals surface area contributed by atoms with E-state index in [0.29, 0.717) is 42.4 Å². The number of pyridine rings is 1. The van der Waals surface area contributed by atoms with E-state index in [1.54, 1.807) is 25.4 Å². The fraction of sp³-hybridized carbons (Fsp3) is 0.417. The molecule has 196 valence electrons. The Hall–Kier alpha value is -3.38. The van der Waals surface area contributed by atoms with Crippen LogP contribution in [0.15, 0.2) is 42.6 Å². The van der Waals surface area contributed by atoms with Crippen molar-refractivity contribution >= 4 is 17.7 Å². The highest BCUT2D eigenvalue weighted by molar-refractivity contribution is 5.97. The first-order chi connectivity index (χ1) is 17.0. The number of amides is 1. The fourth-order valence-electron chi connectivity index (χ4n) is 3.51. The lowest BCUT2D eigenvalue weighted by molar-refractivity contribution is -0.192. The number of nitrogens with zero attached hydrogens (tertiary/aromatic N) is 2. The summed E-state index contributed by atoms with van der Waals surface area (Å²) >= 11 is 0. The van der Waals surface area contributed by atoms with Gasteiger partial charge in [-0.05, 0) is 68.2 Å². The smallest absolute Gasteiger partial charge is 0.475 e. The second-order valence-corrected chi connectivity index (χ2v) is 8.09. The van der Waals surface area contributed by atoms with E-state index < -0.39 is 12.1 Å². The molecule has 0 atom stereocenters. The van der Waals surface area contributed by atoms with Crippen LogP contribution in [0.4, 0.5) is 17.6 Å². The Morgan fingerprint density at radius 3 is 2.31 bits per heavy atom. The molecule has 0 radical (unpaired) electrons. The number of benzene rings is 1. The number of aliphatic carboxylic acids is 1. The van der Waals surface area contributed by atoms with Gasteiger partial charge in [0, 0.05) is 25.4 Å². The van der Waals surface area contributed by atoms with Crippen molar-refractivity contribution < 1.29 is 41.8 Å². The number of alkyl halides is 3. The number of aromatic nitrogens is 1. The third kappa shape index (κ3) is 9.34. The topological polar surface area (TPSA) is 109 Å². The molecule has 2 aromatic rings. The molecule has 1 saturated heterocycles. The predicted molar refractivity (Wildman–Crippen MR) is 121 cm³/mol. The van der Waals surface area contributed by atoms with Gasteiger partial charge in [0.25, 0.3) is 5.91 Å². The van der Waals surface area contributed by atoms with Gasteiger partial charge in [0.15, 0.2) is 5.78 Å². The quantitative estimate of drug-likeness (QED) is 0.412. The van der Waals surface area contributed by atoms with E-state index in [9.17, 15) is 27.2 Å². The van der Waals surface area contributed by atoms with Gasteiger partial charge in [-0.2, -0.15) is 13.2 Å². The first-order valence-corrected chi connectivity index (χ1v) is 11.0. The Balaban J connectivity index is 0.000000572. The maximum Gasteiger partial charge on any atom is 0.490 e. The van der Waals surface area contributed by atoms with Crippen LogP contribution in [0.3, 0.4) is 0 Å². The number of hydrogen-bond acceptors (Lipinski definition) is 6. The van der Waals surface area contributed by atoms with E-state index in [0.717, 1.165) is 25.9 Å². The molecule has 1 fully saturated rings. The molecule has 1 amide bonds. The standard InChI is InChI=1S/C22H26FN3O3.C2HF3O2/c1-29-15-20-19(3-2-10-24-20)22(28)25-13-16-8-11-26(12-9-16)14-21(27)17-4-6-18(23)7-5-17;3-2(4,5)1(6)7/h2-7,10,16H,8-9,11-15H2,1H3,(H,25,28);(H,6,7). The second-order valence-electron chi connectivity index (χ2n) is 8.09. The first-order valence-electron chi connectivity index (χ1n) is 11.0. The van der Waals surface area contributed by atoms with Crippen molar-refractivity contribution in [1.82, 2.24) is 15.2 Å². The number of carboxylic acids is 1. The first kappa shape index (κ1) is 28.9. The Morgan fingerprint density at radius 1 is 1.14 bits per heavy atom. The largest absolute Gasteiger partial charge is 0.490 e. The molecule has 0 aliphatic carbocycles. The minimum atomic E-state index is -5.08. The van der Waals surface area contributed by atoms with E-state index in [1.807, 2.05) is 0 Å². The number of hydrogen-bond donors (Lipinski definition) is 2. The van der Waals surface area contributed by atoms with Crippen molar-refractivity contribution in [3.8, 4) is 0 Å². The molecule has 8 nitrogen and oxygen atoms in total. The molecule has 12 heteroatoms. The summed E-state index contributed by atoms with van der Waals surface area (Å²) in [6, 6.07) is 9.16. The summed E-state index contributed by atoms with van der Waals surface area (Å²) in [7, 11) is 1.57. The third-order valence-electron chi connectivity index (χ3n) is 5.45. The molecule has 1 aromatic carbocycles. The van der Waals surface area contributed by atoms with Crippen molar-refractivity contribution in [3.05, 3.63) is 65.2 Å². The summed E-state index contributed by atoms with van der Waals surface area (Å²) < 4.78 is 49.8. The zero-order chi connectivity index (χ0) is 26.7. The summed E-state index contributed by atoms with van der Waals surface area (Å²) in [6.07, 6.45) is -1.61. The molecule has 0 bridgehead atoms. The van der Waals surface area contributed by atoms with E-state index in [2.05, 4.69) is 15.2 Å². The van der Waals surface area contributed by atoms with E-state index >= 15 is 0 Å². The van der Waals surface area contributed by atoms with Gasteiger partial charge in [-0.25, -0.2) is 9.18 Å². The fourth-order valence-corrected chi connectivity index (χ4v) is 3.51. The number of nitrogens with one attached hydrogen (secondary N) is 1. The second kappa shape index (κ2) is 13.6. The molecule has 1 aromatic heterocycles. The molecule has 0 spiro atoms. The number of carbonyl (C=O) groups excluding carboxylic acids is 2. The maximum absolute atomic E-state index is 13.0. The molecular weight excluding hydrogens is 486 g/mol. The molecule has 3 rings (SSSR count). The van der Waals surface area contributed by atoms with Gasteiger partial charge < -0.3 is 15.2 Å². The molecule has 2 N–H and O–H groups in total. The number of piperidine rings is 1. The van der Waals surface area contributed by atoms with E-state index in [4.69, 9.17) is 14.6 Å². The highest BCUT2D eigenvalue weighted by atomic mass is 19.4. The van der Waals surface area contributed by atoms with Crippen molar-refractivity contribution in [1.29, 1.82) is 0 Å². The van der Waals surface area contributed by atoms with Crippen molar-refractivity contribution in [3.63, 3.8) is 0 Å². The number of carboxylic acid groups (broad SMARTS) is 1. The molecule has 2 heterocycles. The summed E-state index contributed by atoms with van der Waals surface area (Å²) in [5.41, 5.74) is 1.70. The van der Waals surface area contributed by atoms with Crippen LogP contribution in [0.5, 0.6) is 0 Å². The SMILES string of the molecule is COCc1ncccc1C(=O)NCC1CCN(CC(=O)c2ccc(F)cc2)CC1.O=C(O)C(F)(F)F. The van der Waals surface area contributed by atoms with Gasteiger partial charge in [0.05, 0.1) is 24.4 Å². The maximum atomic E-state index is 13.0. The molecule has 0 saturated carbocycles. The van der Waals surface area contributed by atoms with Gasteiger partial charge in [-0.1, -0.05) is 0 Å². The Labute approximate surface area is 205 Å². The number of Topliss-reactive ketones (excluding diaryl/α,β-unsaturated/α-hetero) is 1. The number of ketones is 1. The molecule has 36 heavy (non-hydrogen) atoms. The molecule has 1 aliphatic heterocycles. The van der Waals surface area contributed by atoms with Crippen LogP contribution in [0.25, 0.3) is 0 Å². The van der Waals surface area contributed by atoms with Crippen LogP contribution in [0, 0.1) is 11.7 Å². The highest BCUT2D eigenvalue weighted by Crippen LogP contribution is 2.18. The summed E-state index contributed by atoms with van der Waals surface area (Å²) in [5.74, 6) is -2.87. The Morgan fingerprint density at radius 2 is 1.75 bits per heavy atom. The van der Waals surface area contributed by atoms with Gasteiger partial charge in [0.2, 0.25) is 0 Å². The van der Waals surface area contributed by atoms with Crippen LogP contribution >= 0.6 is 0 Å². The minimum absolute atomic E-state index is 0.000923. The minimum Gasteiger partial charge on any atom is -0.475 e. The zero-order valence-electron chi connectivity index (χ0n) is 19.6. The van der Waals surface area contributed by atoms with Crippen molar-refractivity contribution in [2.45, 2.75) is 25.6 Å². The van der Waals surface area contributed by atoms with Gasteiger partial charge in [-0.3, -0.25) is 19.5 Å². The van der Waals surface area contributed by atoms with Crippen LogP contribution in [-0.4, -0.2) is 72.1 Å². The normalized spacial score (nSPS) is 14.5. The highest BCUT2D eigenvalue weighted by Gasteiger charge is 2.38. The van der Waals surface area contributed by atoms with Crippen molar-refractivity contribution in [2.75, 3.05) is 33.3 Å². The average molecular weight is 513 g/mol. The number of halogens is 4. The van der Waals surface area contributed by atoms with Crippen LogP contribution in [0.2, 0.25) is 0 Å². The third-order valence-corrected chi connectivity index (χ3v) is 5.45. The summed E-state index contributed by atoms with van der Waals surface area (Å²) in [5, 5.41) is 10.1. The number of ether oxygens (including phenoxy) is 1. The van der Waals surface area contributed by atoms with Crippen molar-refractivity contribution in [2.24, 2.45) is 5.92 Å². The predicted octanol–water partition coefficient (Wildman–Crippen LogP) is 3.33. The van der Waals surface area contributed by atoms with Crippen LogP contribution in [0.1, 0.15) is 39.3 Å². The molecule has 1 aliphatic rings. The Kier molecular flexibility index (Phi) is 10.9. The lowest BCUT2D eigenvalue weighted by Crippen LogP contribution is -2.40. The monoisotopic (exact) mass is 513 g/mol. The molecular formula is C24H27F4N3O5. The Bertz CT molecular complexity index is 1020. The number of carbonyl (C=O) groups is 3. The van der Waals surface area contributed by atoms with Gasteiger partial charge in [0.1, 0.15) is 5.82 Å². The van der Waals surface area contributed by atoms with Crippen LogP contribution in [-0.2, 0) is 16.1 Å². The lowest BCUT2D eigenvalue weighted by Gasteiger charge is -2.31. The van der Waals surface area contributed by atoms with Gasteiger partial charge in [-0.15, -0.1) is 0 Å². The summed E-state index contributed by atoms with van der Waals surface area (Å²) in [6.45, 7) is 2.83. The van der Waals surface area contributed by atoms with E-state index in [-0.39, 0.29) is 17.5 Å². The number of rotatable bonds is 8. The van der Waals surface area contributed by atoms with Gasteiger partial charge >= 0.3 is 12.1 Å². The molecule has 0 unspecified atom stereocenters.